The molecule has 0 saturated carbocycles. The minimum absolute atomic E-state index is 0.706. The highest BCUT2D eigenvalue weighted by molar-refractivity contribution is 6.05. The SMILES string of the molecule is N#Cc1cn2ccc3ccccc3c2c1-c1ccccc1. The number of benzene rings is 2. The largest absolute Gasteiger partial charge is 0.321 e. The molecule has 0 N–H and O–H groups in total. The molecule has 0 fully saturated rings. The van der Waals surface area contributed by atoms with Crippen LogP contribution in [0.5, 0.6) is 0 Å². The van der Waals surface area contributed by atoms with Crippen LogP contribution in [-0.2, 0) is 0 Å². The van der Waals surface area contributed by atoms with Gasteiger partial charge in [-0.25, -0.2) is 0 Å². The molecule has 4 aromatic rings. The molecule has 0 spiro atoms. The molecule has 0 amide bonds. The summed E-state index contributed by atoms with van der Waals surface area (Å²) in [5.41, 5.74) is 3.89. The first-order valence-electron chi connectivity index (χ1n) is 6.86. The van der Waals surface area contributed by atoms with E-state index in [1.54, 1.807) is 0 Å². The topological polar surface area (TPSA) is 28.2 Å². The zero-order valence-electron chi connectivity index (χ0n) is 11.3. The lowest BCUT2D eigenvalue weighted by atomic mass is 10.0. The molecule has 0 aliphatic carbocycles. The fraction of sp³-hybridized carbons (Fsp3) is 0. The second kappa shape index (κ2) is 4.50. The number of aromatic nitrogens is 1. The third-order valence-corrected chi connectivity index (χ3v) is 3.85. The summed E-state index contributed by atoms with van der Waals surface area (Å²) in [4.78, 5) is 0. The van der Waals surface area contributed by atoms with Gasteiger partial charge in [-0.05, 0) is 17.0 Å². The van der Waals surface area contributed by atoms with Crippen molar-refractivity contribution in [3.05, 3.63) is 78.6 Å². The lowest BCUT2D eigenvalue weighted by molar-refractivity contribution is 1.21. The molecule has 0 aliphatic rings. The number of pyridine rings is 1. The summed E-state index contributed by atoms with van der Waals surface area (Å²) >= 11 is 0. The summed E-state index contributed by atoms with van der Waals surface area (Å²) in [7, 11) is 0. The molecule has 2 aromatic carbocycles. The van der Waals surface area contributed by atoms with E-state index in [1.807, 2.05) is 47.1 Å². The summed E-state index contributed by atoms with van der Waals surface area (Å²) in [5.74, 6) is 0. The molecule has 0 atom stereocenters. The third-order valence-electron chi connectivity index (χ3n) is 3.85. The standard InChI is InChI=1S/C19H12N2/c20-12-16-13-21-11-10-14-6-4-5-9-17(14)19(21)18(16)15-7-2-1-3-8-15/h1-11,13H. The summed E-state index contributed by atoms with van der Waals surface area (Å²) in [5, 5.41) is 11.8. The summed E-state index contributed by atoms with van der Waals surface area (Å²) < 4.78 is 2.04. The second-order valence-corrected chi connectivity index (χ2v) is 5.05. The van der Waals surface area contributed by atoms with Crippen molar-refractivity contribution in [3.63, 3.8) is 0 Å². The van der Waals surface area contributed by atoms with Crippen molar-refractivity contribution >= 4 is 16.3 Å². The quantitative estimate of drug-likeness (QED) is 0.494. The highest BCUT2D eigenvalue weighted by Gasteiger charge is 2.14. The first-order chi connectivity index (χ1) is 10.4. The van der Waals surface area contributed by atoms with Gasteiger partial charge in [-0.3, -0.25) is 0 Å². The van der Waals surface area contributed by atoms with E-state index in [1.165, 1.54) is 10.8 Å². The predicted molar refractivity (Wildman–Crippen MR) is 85.1 cm³/mol. The van der Waals surface area contributed by atoms with Crippen LogP contribution in [0.15, 0.2) is 73.1 Å². The minimum Gasteiger partial charge on any atom is -0.321 e. The molecule has 2 heterocycles. The number of rotatable bonds is 1. The van der Waals surface area contributed by atoms with Gasteiger partial charge in [0.15, 0.2) is 0 Å². The number of hydrogen-bond donors (Lipinski definition) is 0. The van der Waals surface area contributed by atoms with Gasteiger partial charge in [0.25, 0.3) is 0 Å². The molecule has 0 unspecified atom stereocenters. The average molecular weight is 268 g/mol. The fourth-order valence-corrected chi connectivity index (χ4v) is 2.92. The van der Waals surface area contributed by atoms with Gasteiger partial charge in [-0.15, -0.1) is 0 Å². The molecule has 0 bridgehead atoms. The Balaban J connectivity index is 2.22. The van der Waals surface area contributed by atoms with E-state index in [0.717, 1.165) is 16.6 Å². The van der Waals surface area contributed by atoms with E-state index in [4.69, 9.17) is 0 Å². The number of hydrogen-bond acceptors (Lipinski definition) is 1. The van der Waals surface area contributed by atoms with Crippen LogP contribution in [-0.4, -0.2) is 4.40 Å². The Bertz CT molecular complexity index is 989. The Morgan fingerprint density at radius 2 is 1.62 bits per heavy atom. The molecule has 0 aliphatic heterocycles. The lowest BCUT2D eigenvalue weighted by Gasteiger charge is -2.05. The normalized spacial score (nSPS) is 10.8. The maximum atomic E-state index is 9.49. The smallest absolute Gasteiger partial charge is 0.101 e. The van der Waals surface area contributed by atoms with E-state index in [2.05, 4.69) is 36.4 Å². The second-order valence-electron chi connectivity index (χ2n) is 5.05. The van der Waals surface area contributed by atoms with Gasteiger partial charge in [0.05, 0.1) is 11.1 Å². The van der Waals surface area contributed by atoms with Gasteiger partial charge in [0.2, 0.25) is 0 Å². The zero-order valence-corrected chi connectivity index (χ0v) is 11.3. The highest BCUT2D eigenvalue weighted by Crippen LogP contribution is 2.34. The first kappa shape index (κ1) is 11.7. The van der Waals surface area contributed by atoms with E-state index < -0.39 is 0 Å². The Kier molecular flexibility index (Phi) is 2.52. The van der Waals surface area contributed by atoms with Crippen LogP contribution in [0.2, 0.25) is 0 Å². The number of nitrogens with zero attached hydrogens (tertiary/aromatic N) is 2. The average Bonchev–Trinajstić information content (AvgIpc) is 2.94. The molecule has 0 radical (unpaired) electrons. The van der Waals surface area contributed by atoms with E-state index in [-0.39, 0.29) is 0 Å². The Hall–Kier alpha value is -3.05. The van der Waals surface area contributed by atoms with Gasteiger partial charge in [0, 0.05) is 23.3 Å². The van der Waals surface area contributed by atoms with Crippen molar-refractivity contribution in [2.75, 3.05) is 0 Å². The predicted octanol–water partition coefficient (Wildman–Crippen LogP) is 4.63. The molecule has 21 heavy (non-hydrogen) atoms. The monoisotopic (exact) mass is 268 g/mol. The van der Waals surface area contributed by atoms with Crippen molar-refractivity contribution in [3.8, 4) is 17.2 Å². The van der Waals surface area contributed by atoms with Gasteiger partial charge in [0.1, 0.15) is 6.07 Å². The summed E-state index contributed by atoms with van der Waals surface area (Å²) in [6, 6.07) is 22.8. The molecule has 2 nitrogen and oxygen atoms in total. The van der Waals surface area contributed by atoms with Crippen molar-refractivity contribution < 1.29 is 0 Å². The van der Waals surface area contributed by atoms with Crippen LogP contribution in [0.25, 0.3) is 27.4 Å². The highest BCUT2D eigenvalue weighted by atomic mass is 14.9. The van der Waals surface area contributed by atoms with Crippen LogP contribution in [0, 0.1) is 11.3 Å². The van der Waals surface area contributed by atoms with Crippen LogP contribution in [0.1, 0.15) is 5.56 Å². The van der Waals surface area contributed by atoms with Gasteiger partial charge in [-0.2, -0.15) is 5.26 Å². The van der Waals surface area contributed by atoms with Gasteiger partial charge >= 0.3 is 0 Å². The Morgan fingerprint density at radius 1 is 0.857 bits per heavy atom. The van der Waals surface area contributed by atoms with E-state index >= 15 is 0 Å². The Labute approximate surface area is 122 Å². The van der Waals surface area contributed by atoms with Crippen LogP contribution in [0.4, 0.5) is 0 Å². The number of fused-ring (bicyclic) bond motifs is 3. The Morgan fingerprint density at radius 3 is 2.43 bits per heavy atom. The molecule has 4 rings (SSSR count). The molecule has 2 heteroatoms. The molecule has 98 valence electrons. The summed E-state index contributed by atoms with van der Waals surface area (Å²) in [6.07, 6.45) is 3.93. The van der Waals surface area contributed by atoms with Gasteiger partial charge in [-0.1, -0.05) is 54.6 Å². The molecule has 2 aromatic heterocycles. The molecule has 0 saturated heterocycles. The first-order valence-corrected chi connectivity index (χ1v) is 6.86. The van der Waals surface area contributed by atoms with Crippen molar-refractivity contribution in [1.82, 2.24) is 4.40 Å². The van der Waals surface area contributed by atoms with E-state index in [9.17, 15) is 5.26 Å². The molecular formula is C19H12N2. The number of nitriles is 1. The fourth-order valence-electron chi connectivity index (χ4n) is 2.92. The molecular weight excluding hydrogens is 256 g/mol. The lowest BCUT2D eigenvalue weighted by Crippen LogP contribution is -1.85. The summed E-state index contributed by atoms with van der Waals surface area (Å²) in [6.45, 7) is 0. The maximum Gasteiger partial charge on any atom is 0.101 e. The van der Waals surface area contributed by atoms with E-state index in [0.29, 0.717) is 5.56 Å². The van der Waals surface area contributed by atoms with Crippen molar-refractivity contribution in [1.29, 1.82) is 5.26 Å². The van der Waals surface area contributed by atoms with Crippen LogP contribution >= 0.6 is 0 Å². The third kappa shape index (κ3) is 1.72. The van der Waals surface area contributed by atoms with Gasteiger partial charge < -0.3 is 4.40 Å². The van der Waals surface area contributed by atoms with Crippen LogP contribution in [0.3, 0.4) is 0 Å². The zero-order chi connectivity index (χ0) is 14.2. The minimum atomic E-state index is 0.706. The van der Waals surface area contributed by atoms with Crippen molar-refractivity contribution in [2.24, 2.45) is 0 Å². The van der Waals surface area contributed by atoms with Crippen LogP contribution < -0.4 is 0 Å². The van der Waals surface area contributed by atoms with Crippen molar-refractivity contribution in [2.45, 2.75) is 0 Å². The maximum absolute atomic E-state index is 9.49.